The summed E-state index contributed by atoms with van der Waals surface area (Å²) in [6, 6.07) is 5.54. The lowest BCUT2D eigenvalue weighted by molar-refractivity contribution is -0.0418. The summed E-state index contributed by atoms with van der Waals surface area (Å²) >= 11 is 0. The van der Waals surface area contributed by atoms with Crippen molar-refractivity contribution < 1.29 is 10.2 Å². The Labute approximate surface area is 141 Å². The molecule has 0 amide bonds. The highest BCUT2D eigenvalue weighted by Crippen LogP contribution is 2.46. The molecule has 0 unspecified atom stereocenters. The Balaban J connectivity index is 1.80. The zero-order valence-corrected chi connectivity index (χ0v) is 13.9. The molecule has 24 heavy (non-hydrogen) atoms. The lowest BCUT2D eigenvalue weighted by Gasteiger charge is -2.36. The lowest BCUT2D eigenvalue weighted by atomic mass is 9.75. The van der Waals surface area contributed by atoms with Gasteiger partial charge in [0.2, 0.25) is 0 Å². The van der Waals surface area contributed by atoms with E-state index in [-0.39, 0.29) is 0 Å². The van der Waals surface area contributed by atoms with Gasteiger partial charge in [0.05, 0.1) is 28.4 Å². The quantitative estimate of drug-likeness (QED) is 0.689. The van der Waals surface area contributed by atoms with Crippen molar-refractivity contribution in [2.75, 3.05) is 11.5 Å². The van der Waals surface area contributed by atoms with Gasteiger partial charge in [-0.25, -0.2) is 4.98 Å². The monoisotopic (exact) mass is 328 g/mol. The number of aromatic nitrogens is 2. The van der Waals surface area contributed by atoms with E-state index >= 15 is 0 Å². The normalized spacial score (nSPS) is 21.1. The predicted octanol–water partition coefficient (Wildman–Crippen LogP) is 1.99. The number of nitrogens with two attached hydrogens (primary N) is 2. The molecule has 6 heteroatoms. The highest BCUT2D eigenvalue weighted by Gasteiger charge is 2.41. The lowest BCUT2D eigenvalue weighted by Crippen LogP contribution is -2.35. The van der Waals surface area contributed by atoms with Gasteiger partial charge in [-0.1, -0.05) is 0 Å². The molecule has 0 aliphatic heterocycles. The van der Waals surface area contributed by atoms with Crippen molar-refractivity contribution in [3.8, 4) is 11.4 Å². The van der Waals surface area contributed by atoms with Crippen molar-refractivity contribution in [3.05, 3.63) is 29.5 Å². The van der Waals surface area contributed by atoms with Crippen molar-refractivity contribution in [3.63, 3.8) is 0 Å². The van der Waals surface area contributed by atoms with Crippen molar-refractivity contribution in [2.45, 2.75) is 49.7 Å². The largest absolute Gasteiger partial charge is 0.397 e. The van der Waals surface area contributed by atoms with Crippen LogP contribution in [0, 0.1) is 0 Å². The van der Waals surface area contributed by atoms with Gasteiger partial charge >= 0.3 is 0 Å². The van der Waals surface area contributed by atoms with E-state index in [1.165, 1.54) is 0 Å². The molecular weight excluding hydrogens is 304 g/mol. The fourth-order valence-electron chi connectivity index (χ4n) is 3.75. The van der Waals surface area contributed by atoms with E-state index in [2.05, 4.69) is 4.98 Å². The first-order valence-electron chi connectivity index (χ1n) is 8.52. The third-order valence-electron chi connectivity index (χ3n) is 5.77. The van der Waals surface area contributed by atoms with Crippen LogP contribution in [0.5, 0.6) is 0 Å². The van der Waals surface area contributed by atoms with E-state index in [1.807, 2.05) is 23.7 Å². The minimum absolute atomic E-state index is 0.515. The van der Waals surface area contributed by atoms with Gasteiger partial charge in [-0.2, -0.15) is 0 Å². The maximum Gasteiger partial charge on any atom is 0.109 e. The number of hydrogen-bond acceptors (Lipinski definition) is 5. The number of anilines is 2. The molecule has 4 rings (SSSR count). The fourth-order valence-corrected chi connectivity index (χ4v) is 3.75. The second kappa shape index (κ2) is 4.97. The molecule has 2 heterocycles. The van der Waals surface area contributed by atoms with Crippen molar-refractivity contribution >= 4 is 11.5 Å². The molecular formula is C18H24N4O2. The molecule has 2 fully saturated rings. The molecule has 0 spiro atoms. The summed E-state index contributed by atoms with van der Waals surface area (Å²) in [5, 5.41) is 21.3. The molecule has 6 nitrogen and oxygen atoms in total. The van der Waals surface area contributed by atoms with E-state index < -0.39 is 11.2 Å². The van der Waals surface area contributed by atoms with Gasteiger partial charge in [0.25, 0.3) is 0 Å². The van der Waals surface area contributed by atoms with Crippen molar-refractivity contribution in [2.24, 2.45) is 7.05 Å². The number of nitrogen functional groups attached to an aromatic ring is 2. The second-order valence-electron chi connectivity index (χ2n) is 7.29. The maximum atomic E-state index is 10.6. The standard InChI is InChI=1S/C18H24N4O2/c1-22-14(10-11(16(22)20)17(23)6-2-7-17)13-5-4-12(19)15(21-13)18(24)8-3-9-18/h4-5,10,23-24H,2-3,6-9,19-20H2,1H3. The van der Waals surface area contributed by atoms with Crippen molar-refractivity contribution in [1.82, 2.24) is 9.55 Å². The highest BCUT2D eigenvalue weighted by atomic mass is 16.3. The number of rotatable bonds is 3. The van der Waals surface area contributed by atoms with Crippen LogP contribution in [0.3, 0.4) is 0 Å². The Morgan fingerprint density at radius 2 is 1.67 bits per heavy atom. The van der Waals surface area contributed by atoms with Gasteiger partial charge in [-0.3, -0.25) is 0 Å². The van der Waals surface area contributed by atoms with Gasteiger partial charge in [0.1, 0.15) is 11.4 Å². The summed E-state index contributed by atoms with van der Waals surface area (Å²) in [6.07, 6.45) is 4.84. The average Bonchev–Trinajstić information content (AvgIpc) is 2.80. The Kier molecular flexibility index (Phi) is 3.21. The molecule has 2 saturated carbocycles. The molecule has 6 N–H and O–H groups in total. The predicted molar refractivity (Wildman–Crippen MR) is 93.0 cm³/mol. The Morgan fingerprint density at radius 1 is 1.04 bits per heavy atom. The molecule has 2 aliphatic rings. The van der Waals surface area contributed by atoms with Gasteiger partial charge in [0, 0.05) is 12.6 Å². The number of nitrogens with zero attached hydrogens (tertiary/aromatic N) is 2. The molecule has 2 aromatic heterocycles. The number of pyridine rings is 1. The molecule has 0 bridgehead atoms. The Bertz CT molecular complexity index is 804. The number of hydrogen-bond donors (Lipinski definition) is 4. The van der Waals surface area contributed by atoms with E-state index in [0.29, 0.717) is 35.7 Å². The van der Waals surface area contributed by atoms with E-state index in [4.69, 9.17) is 11.5 Å². The van der Waals surface area contributed by atoms with E-state index in [1.54, 1.807) is 6.07 Å². The van der Waals surface area contributed by atoms with Gasteiger partial charge in [0.15, 0.2) is 0 Å². The van der Waals surface area contributed by atoms with Crippen LogP contribution in [-0.2, 0) is 18.2 Å². The fraction of sp³-hybridized carbons (Fsp3) is 0.500. The summed E-state index contributed by atoms with van der Waals surface area (Å²) in [4.78, 5) is 4.64. The topological polar surface area (TPSA) is 110 Å². The smallest absolute Gasteiger partial charge is 0.109 e. The van der Waals surface area contributed by atoms with Crippen LogP contribution >= 0.6 is 0 Å². The van der Waals surface area contributed by atoms with Crippen LogP contribution in [-0.4, -0.2) is 19.8 Å². The minimum Gasteiger partial charge on any atom is -0.397 e. The second-order valence-corrected chi connectivity index (χ2v) is 7.29. The van der Waals surface area contributed by atoms with Crippen LogP contribution in [0.4, 0.5) is 11.5 Å². The summed E-state index contributed by atoms with van der Waals surface area (Å²) in [5.74, 6) is 0.565. The summed E-state index contributed by atoms with van der Waals surface area (Å²) < 4.78 is 1.85. The first-order valence-corrected chi connectivity index (χ1v) is 8.52. The first-order chi connectivity index (χ1) is 11.3. The van der Waals surface area contributed by atoms with Crippen LogP contribution in [0.25, 0.3) is 11.4 Å². The zero-order chi connectivity index (χ0) is 17.1. The maximum absolute atomic E-state index is 10.6. The van der Waals surface area contributed by atoms with Gasteiger partial charge in [-0.15, -0.1) is 0 Å². The Hall–Kier alpha value is -2.05. The summed E-state index contributed by atoms with van der Waals surface area (Å²) in [6.45, 7) is 0. The van der Waals surface area contributed by atoms with Crippen LogP contribution < -0.4 is 11.5 Å². The van der Waals surface area contributed by atoms with E-state index in [0.717, 1.165) is 36.9 Å². The molecule has 0 aromatic carbocycles. The summed E-state index contributed by atoms with van der Waals surface area (Å²) in [5.41, 5.74) is 13.9. The van der Waals surface area contributed by atoms with E-state index in [9.17, 15) is 10.2 Å². The van der Waals surface area contributed by atoms with Crippen molar-refractivity contribution in [1.29, 1.82) is 0 Å². The van der Waals surface area contributed by atoms with Gasteiger partial charge in [-0.05, 0) is 56.7 Å². The molecule has 2 aromatic rings. The highest BCUT2D eigenvalue weighted by molar-refractivity contribution is 5.67. The zero-order valence-electron chi connectivity index (χ0n) is 13.9. The summed E-state index contributed by atoms with van der Waals surface area (Å²) in [7, 11) is 1.87. The third kappa shape index (κ3) is 2.06. The third-order valence-corrected chi connectivity index (χ3v) is 5.77. The molecule has 128 valence electrons. The average molecular weight is 328 g/mol. The molecule has 0 atom stereocenters. The molecule has 0 radical (unpaired) electrons. The SMILES string of the molecule is Cn1c(-c2ccc(N)c(C3(O)CCC3)n2)cc(C2(O)CCC2)c1N. The van der Waals surface area contributed by atoms with Crippen LogP contribution in [0.1, 0.15) is 49.8 Å². The minimum atomic E-state index is -0.911. The van der Waals surface area contributed by atoms with Crippen LogP contribution in [0.2, 0.25) is 0 Å². The van der Waals surface area contributed by atoms with Crippen LogP contribution in [0.15, 0.2) is 18.2 Å². The Morgan fingerprint density at radius 3 is 2.21 bits per heavy atom. The first kappa shape index (κ1) is 15.5. The molecule has 2 aliphatic carbocycles. The molecule has 0 saturated heterocycles. The number of aliphatic hydroxyl groups is 2. The van der Waals surface area contributed by atoms with Gasteiger partial charge < -0.3 is 26.2 Å².